The molecule has 100 valence electrons. The molecule has 1 aliphatic rings. The molecule has 1 aromatic carbocycles. The molecule has 3 heteroatoms. The summed E-state index contributed by atoms with van der Waals surface area (Å²) >= 11 is 0. The monoisotopic (exact) mass is 248 g/mol. The molecule has 0 atom stereocenters. The summed E-state index contributed by atoms with van der Waals surface area (Å²) in [5, 5.41) is 0. The lowest BCUT2D eigenvalue weighted by molar-refractivity contribution is 0.103. The van der Waals surface area contributed by atoms with E-state index in [0.29, 0.717) is 0 Å². The first-order valence-corrected chi connectivity index (χ1v) is 6.50. The van der Waals surface area contributed by atoms with Crippen molar-refractivity contribution in [3.63, 3.8) is 0 Å². The molecule has 0 radical (unpaired) electrons. The van der Waals surface area contributed by atoms with E-state index in [4.69, 9.17) is 10.5 Å². The second-order valence-electron chi connectivity index (χ2n) is 6.68. The smallest absolute Gasteiger partial charge is 0.143 e. The van der Waals surface area contributed by atoms with Gasteiger partial charge in [0.15, 0.2) is 0 Å². The third kappa shape index (κ3) is 2.96. The van der Waals surface area contributed by atoms with Crippen LogP contribution in [0.4, 0.5) is 5.69 Å². The van der Waals surface area contributed by atoms with Crippen molar-refractivity contribution in [3.8, 4) is 5.75 Å². The maximum atomic E-state index is 6.17. The highest BCUT2D eigenvalue weighted by atomic mass is 16.5. The summed E-state index contributed by atoms with van der Waals surface area (Å²) in [4.78, 5) is 2.34. The number of nitrogens with two attached hydrogens (primary N) is 1. The van der Waals surface area contributed by atoms with E-state index in [-0.39, 0.29) is 11.1 Å². The van der Waals surface area contributed by atoms with Gasteiger partial charge in [0.25, 0.3) is 0 Å². The fourth-order valence-corrected chi connectivity index (χ4v) is 2.47. The number of hydrogen-bond donors (Lipinski definition) is 1. The molecule has 1 aromatic rings. The maximum absolute atomic E-state index is 6.17. The van der Waals surface area contributed by atoms with Gasteiger partial charge in [0.2, 0.25) is 0 Å². The van der Waals surface area contributed by atoms with Crippen LogP contribution in [0.3, 0.4) is 0 Å². The minimum absolute atomic E-state index is 0.173. The van der Waals surface area contributed by atoms with Crippen LogP contribution in [0.5, 0.6) is 5.75 Å². The number of rotatable bonds is 2. The molecule has 3 nitrogen and oxygen atoms in total. The molecule has 1 heterocycles. The number of nitrogens with zero attached hydrogens (tertiary/aromatic N) is 1. The lowest BCUT2D eigenvalue weighted by Crippen LogP contribution is -2.53. The Labute approximate surface area is 110 Å². The second kappa shape index (κ2) is 4.16. The fourth-order valence-electron chi connectivity index (χ4n) is 2.47. The van der Waals surface area contributed by atoms with Crippen LogP contribution in [0.2, 0.25) is 0 Å². The Morgan fingerprint density at radius 1 is 1.39 bits per heavy atom. The predicted molar refractivity (Wildman–Crippen MR) is 76.4 cm³/mol. The van der Waals surface area contributed by atoms with Crippen LogP contribution < -0.4 is 15.4 Å². The molecule has 0 aliphatic carbocycles. The summed E-state index contributed by atoms with van der Waals surface area (Å²) < 4.78 is 6.04. The Kier molecular flexibility index (Phi) is 3.06. The first kappa shape index (κ1) is 13.2. The molecule has 0 aromatic heterocycles. The largest absolute Gasteiger partial charge is 0.484 e. The third-order valence-corrected chi connectivity index (χ3v) is 3.01. The molecule has 0 saturated heterocycles. The van der Waals surface area contributed by atoms with Crippen molar-refractivity contribution >= 4 is 5.69 Å². The summed E-state index contributed by atoms with van der Waals surface area (Å²) in [7, 11) is 0. The molecule has 0 amide bonds. The summed E-state index contributed by atoms with van der Waals surface area (Å²) in [5.74, 6) is 0.959. The van der Waals surface area contributed by atoms with Crippen molar-refractivity contribution in [1.29, 1.82) is 0 Å². The number of fused-ring (bicyclic) bond motifs is 1. The zero-order valence-electron chi connectivity index (χ0n) is 12.1. The van der Waals surface area contributed by atoms with Gasteiger partial charge in [0, 0.05) is 12.1 Å². The molecule has 0 spiro atoms. The molecule has 0 unspecified atom stereocenters. The minimum atomic E-state index is -0.214. The summed E-state index contributed by atoms with van der Waals surface area (Å²) in [6.07, 6.45) is 0. The first-order chi connectivity index (χ1) is 8.16. The Hall–Kier alpha value is -1.22. The van der Waals surface area contributed by atoms with Crippen molar-refractivity contribution in [3.05, 3.63) is 23.8 Å². The average Bonchev–Trinajstić information content (AvgIpc) is 2.15. The van der Waals surface area contributed by atoms with Gasteiger partial charge in [0.1, 0.15) is 11.4 Å². The molecule has 1 aliphatic heterocycles. The van der Waals surface area contributed by atoms with Crippen molar-refractivity contribution in [2.75, 3.05) is 18.0 Å². The summed E-state index contributed by atoms with van der Waals surface area (Å²) in [5.41, 5.74) is 8.19. The predicted octanol–water partition coefficient (Wildman–Crippen LogP) is 2.71. The van der Waals surface area contributed by atoms with Gasteiger partial charge in [-0.2, -0.15) is 0 Å². The third-order valence-electron chi connectivity index (χ3n) is 3.01. The molecule has 18 heavy (non-hydrogen) atoms. The Morgan fingerprint density at radius 2 is 2.06 bits per heavy atom. The summed E-state index contributed by atoms with van der Waals surface area (Å²) in [6.45, 7) is 12.2. The van der Waals surface area contributed by atoms with Gasteiger partial charge in [-0.1, -0.05) is 6.07 Å². The number of aryl methyl sites for hydroxylation is 1. The normalized spacial score (nSPS) is 18.2. The van der Waals surface area contributed by atoms with E-state index in [1.165, 1.54) is 5.56 Å². The van der Waals surface area contributed by atoms with Crippen LogP contribution in [-0.2, 0) is 0 Å². The molecule has 0 saturated carbocycles. The highest BCUT2D eigenvalue weighted by Gasteiger charge is 2.33. The molecule has 2 rings (SSSR count). The molecule has 2 N–H and O–H groups in total. The van der Waals surface area contributed by atoms with Crippen molar-refractivity contribution in [2.45, 2.75) is 45.8 Å². The van der Waals surface area contributed by atoms with Crippen LogP contribution in [0.1, 0.15) is 33.3 Å². The van der Waals surface area contributed by atoms with Gasteiger partial charge in [0.05, 0.1) is 12.2 Å². The van der Waals surface area contributed by atoms with E-state index in [0.717, 1.165) is 24.5 Å². The lowest BCUT2D eigenvalue weighted by atomic mass is 10.00. The zero-order valence-corrected chi connectivity index (χ0v) is 12.1. The van der Waals surface area contributed by atoms with Crippen LogP contribution >= 0.6 is 0 Å². The van der Waals surface area contributed by atoms with Crippen molar-refractivity contribution in [1.82, 2.24) is 0 Å². The Balaban J connectivity index is 2.38. The SMILES string of the molecule is Cc1ccc2c(c1)N(CC(C)(C)N)CC(C)(C)O2. The lowest BCUT2D eigenvalue weighted by Gasteiger charge is -2.43. The number of ether oxygens (including phenoxy) is 1. The molecule has 0 fully saturated rings. The van der Waals surface area contributed by atoms with Crippen LogP contribution in [0.25, 0.3) is 0 Å². The average molecular weight is 248 g/mol. The van der Waals surface area contributed by atoms with Crippen LogP contribution in [-0.4, -0.2) is 24.2 Å². The number of hydrogen-bond acceptors (Lipinski definition) is 3. The topological polar surface area (TPSA) is 38.5 Å². The molecular weight excluding hydrogens is 224 g/mol. The highest BCUT2D eigenvalue weighted by molar-refractivity contribution is 5.62. The second-order valence-corrected chi connectivity index (χ2v) is 6.68. The molecular formula is C15H24N2O. The van der Waals surface area contributed by atoms with E-state index < -0.39 is 0 Å². The highest BCUT2D eigenvalue weighted by Crippen LogP contribution is 2.37. The van der Waals surface area contributed by atoms with Gasteiger partial charge in [-0.05, 0) is 52.3 Å². The van der Waals surface area contributed by atoms with E-state index in [1.807, 2.05) is 0 Å². The molecule has 0 bridgehead atoms. The van der Waals surface area contributed by atoms with E-state index in [9.17, 15) is 0 Å². The maximum Gasteiger partial charge on any atom is 0.143 e. The quantitative estimate of drug-likeness (QED) is 0.874. The van der Waals surface area contributed by atoms with Crippen LogP contribution in [0, 0.1) is 6.92 Å². The number of anilines is 1. The zero-order chi connectivity index (χ0) is 13.6. The summed E-state index contributed by atoms with van der Waals surface area (Å²) in [6, 6.07) is 6.32. The number of benzene rings is 1. The first-order valence-electron chi connectivity index (χ1n) is 6.50. The van der Waals surface area contributed by atoms with E-state index >= 15 is 0 Å². The standard InChI is InChI=1S/C15H24N2O/c1-11-6-7-13-12(8-11)17(9-14(2,3)16)10-15(4,5)18-13/h6-8H,9-10,16H2,1-5H3. The van der Waals surface area contributed by atoms with Gasteiger partial charge in [-0.25, -0.2) is 0 Å². The van der Waals surface area contributed by atoms with E-state index in [1.54, 1.807) is 0 Å². The van der Waals surface area contributed by atoms with Gasteiger partial charge in [-0.15, -0.1) is 0 Å². The van der Waals surface area contributed by atoms with Gasteiger partial charge >= 0.3 is 0 Å². The fraction of sp³-hybridized carbons (Fsp3) is 0.600. The Morgan fingerprint density at radius 3 is 2.67 bits per heavy atom. The van der Waals surface area contributed by atoms with Crippen molar-refractivity contribution in [2.24, 2.45) is 5.73 Å². The van der Waals surface area contributed by atoms with Gasteiger partial charge in [-0.3, -0.25) is 0 Å². The van der Waals surface area contributed by atoms with Crippen LogP contribution in [0.15, 0.2) is 18.2 Å². The van der Waals surface area contributed by atoms with Crippen molar-refractivity contribution < 1.29 is 4.74 Å². The van der Waals surface area contributed by atoms with E-state index in [2.05, 4.69) is 57.7 Å². The van der Waals surface area contributed by atoms with Gasteiger partial charge < -0.3 is 15.4 Å². The Bertz CT molecular complexity index is 446. The minimum Gasteiger partial charge on any atom is -0.484 e.